The van der Waals surface area contributed by atoms with Gasteiger partial charge >= 0.3 is 0 Å². The van der Waals surface area contributed by atoms with E-state index in [0.717, 1.165) is 11.1 Å². The van der Waals surface area contributed by atoms with Gasteiger partial charge in [-0.2, -0.15) is 5.10 Å². The van der Waals surface area contributed by atoms with Crippen LogP contribution in [0.1, 0.15) is 36.5 Å². The molecule has 0 aliphatic rings. The Bertz CT molecular complexity index is 1190. The maximum absolute atomic E-state index is 12.2. The molecule has 2 amide bonds. The average molecular weight is 490 g/mol. The van der Waals surface area contributed by atoms with Crippen LogP contribution in [0.3, 0.4) is 0 Å². The van der Waals surface area contributed by atoms with Gasteiger partial charge in [0.15, 0.2) is 11.5 Å². The molecule has 0 aromatic heterocycles. The van der Waals surface area contributed by atoms with Crippen LogP contribution < -0.4 is 25.0 Å². The number of amides is 2. The summed E-state index contributed by atoms with van der Waals surface area (Å²) in [5.41, 5.74) is 5.99. The van der Waals surface area contributed by atoms with E-state index in [4.69, 9.17) is 14.2 Å². The van der Waals surface area contributed by atoms with Crippen molar-refractivity contribution in [3.05, 3.63) is 83.4 Å². The van der Waals surface area contributed by atoms with Crippen LogP contribution in [0.5, 0.6) is 17.2 Å². The summed E-state index contributed by atoms with van der Waals surface area (Å²) in [5.74, 6) is 1.11. The molecule has 0 aliphatic heterocycles. The number of methoxy groups -OCH3 is 1. The molecule has 3 rings (SSSR count). The zero-order valence-electron chi connectivity index (χ0n) is 20.7. The van der Waals surface area contributed by atoms with Gasteiger partial charge in [0.25, 0.3) is 0 Å². The molecule has 0 aliphatic carbocycles. The highest BCUT2D eigenvalue weighted by Gasteiger charge is 2.10. The van der Waals surface area contributed by atoms with Gasteiger partial charge in [0.1, 0.15) is 12.4 Å². The van der Waals surface area contributed by atoms with E-state index >= 15 is 0 Å². The van der Waals surface area contributed by atoms with Crippen molar-refractivity contribution in [3.63, 3.8) is 0 Å². The minimum Gasteiger partial charge on any atom is -0.495 e. The second kappa shape index (κ2) is 13.5. The Labute approximate surface area is 211 Å². The molecule has 0 heterocycles. The lowest BCUT2D eigenvalue weighted by molar-refractivity contribution is -0.124. The highest BCUT2D eigenvalue weighted by atomic mass is 16.5. The zero-order chi connectivity index (χ0) is 25.8. The number of rotatable bonds is 12. The van der Waals surface area contributed by atoms with Crippen LogP contribution in [0.25, 0.3) is 0 Å². The van der Waals surface area contributed by atoms with E-state index in [1.165, 1.54) is 18.9 Å². The quantitative estimate of drug-likeness (QED) is 0.280. The number of para-hydroxylation sites is 2. The molecule has 36 heavy (non-hydrogen) atoms. The van der Waals surface area contributed by atoms with Crippen LogP contribution in [0.2, 0.25) is 0 Å². The Hall–Kier alpha value is -4.33. The molecule has 0 fully saturated rings. The van der Waals surface area contributed by atoms with Crippen molar-refractivity contribution in [1.29, 1.82) is 0 Å². The molecule has 0 saturated heterocycles. The summed E-state index contributed by atoms with van der Waals surface area (Å²) in [6.45, 7) is 4.85. The largest absolute Gasteiger partial charge is 0.495 e. The number of nitrogens with zero attached hydrogens (tertiary/aromatic N) is 1. The van der Waals surface area contributed by atoms with Crippen LogP contribution >= 0.6 is 0 Å². The van der Waals surface area contributed by atoms with Gasteiger partial charge in [-0.15, -0.1) is 0 Å². The van der Waals surface area contributed by atoms with Crippen LogP contribution in [0.15, 0.2) is 71.8 Å². The van der Waals surface area contributed by atoms with E-state index in [1.54, 1.807) is 24.3 Å². The Morgan fingerprint density at radius 2 is 1.64 bits per heavy atom. The molecular weight excluding hydrogens is 458 g/mol. The van der Waals surface area contributed by atoms with Crippen molar-refractivity contribution in [3.8, 4) is 17.2 Å². The van der Waals surface area contributed by atoms with Gasteiger partial charge in [0, 0.05) is 12.8 Å². The second-order valence-corrected chi connectivity index (χ2v) is 7.96. The smallest absolute Gasteiger partial charge is 0.240 e. The van der Waals surface area contributed by atoms with Crippen molar-refractivity contribution in [2.75, 3.05) is 19.0 Å². The van der Waals surface area contributed by atoms with E-state index in [9.17, 15) is 9.59 Å². The minimum atomic E-state index is -0.371. The van der Waals surface area contributed by atoms with Crippen molar-refractivity contribution < 1.29 is 23.8 Å². The van der Waals surface area contributed by atoms with Gasteiger partial charge in [-0.1, -0.05) is 42.0 Å². The molecule has 0 unspecified atom stereocenters. The van der Waals surface area contributed by atoms with Gasteiger partial charge in [-0.25, -0.2) is 5.43 Å². The first kappa shape index (κ1) is 26.3. The number of hydrogen-bond acceptors (Lipinski definition) is 6. The molecule has 3 aromatic rings. The summed E-state index contributed by atoms with van der Waals surface area (Å²) in [6, 6.07) is 20.7. The van der Waals surface area contributed by atoms with E-state index in [0.29, 0.717) is 36.1 Å². The summed E-state index contributed by atoms with van der Waals surface area (Å²) in [7, 11) is 1.53. The lowest BCUT2D eigenvalue weighted by Gasteiger charge is -2.13. The fraction of sp³-hybridized carbons (Fsp3) is 0.250. The van der Waals surface area contributed by atoms with Crippen LogP contribution in [0.4, 0.5) is 5.69 Å². The fourth-order valence-corrected chi connectivity index (χ4v) is 3.26. The molecule has 2 N–H and O–H groups in total. The number of hydrogen-bond donors (Lipinski definition) is 2. The maximum Gasteiger partial charge on any atom is 0.240 e. The van der Waals surface area contributed by atoms with Gasteiger partial charge in [0.05, 0.1) is 25.6 Å². The highest BCUT2D eigenvalue weighted by molar-refractivity contribution is 5.94. The molecule has 8 heteroatoms. The first-order chi connectivity index (χ1) is 17.5. The first-order valence-corrected chi connectivity index (χ1v) is 11.7. The number of benzene rings is 3. The van der Waals surface area contributed by atoms with Crippen molar-refractivity contribution >= 4 is 23.7 Å². The number of hydrazone groups is 1. The third-order valence-corrected chi connectivity index (χ3v) is 5.15. The molecule has 8 nitrogen and oxygen atoms in total. The van der Waals surface area contributed by atoms with Crippen LogP contribution in [0, 0.1) is 6.92 Å². The lowest BCUT2D eigenvalue weighted by atomic mass is 10.2. The average Bonchev–Trinajstić information content (AvgIpc) is 2.88. The van der Waals surface area contributed by atoms with E-state index in [-0.39, 0.29) is 24.7 Å². The van der Waals surface area contributed by atoms with Gasteiger partial charge < -0.3 is 19.5 Å². The summed E-state index contributed by atoms with van der Waals surface area (Å²) >= 11 is 0. The second-order valence-electron chi connectivity index (χ2n) is 7.96. The van der Waals surface area contributed by atoms with E-state index in [1.807, 2.05) is 56.3 Å². The molecule has 0 radical (unpaired) electrons. The van der Waals surface area contributed by atoms with Crippen molar-refractivity contribution in [2.24, 2.45) is 5.10 Å². The maximum atomic E-state index is 12.2. The minimum absolute atomic E-state index is 0.00565. The molecule has 0 saturated carbocycles. The first-order valence-electron chi connectivity index (χ1n) is 11.7. The Balaban J connectivity index is 1.49. The molecule has 188 valence electrons. The number of carbonyl (C=O) groups excluding carboxylic acids is 2. The fourth-order valence-electron chi connectivity index (χ4n) is 3.26. The van der Waals surface area contributed by atoms with Gasteiger partial charge in [0.2, 0.25) is 11.8 Å². The number of aryl methyl sites for hydroxylation is 1. The summed E-state index contributed by atoms with van der Waals surface area (Å²) in [4.78, 5) is 24.3. The molecule has 0 atom stereocenters. The number of anilines is 1. The molecule has 3 aromatic carbocycles. The van der Waals surface area contributed by atoms with Gasteiger partial charge in [-0.05, 0) is 55.3 Å². The lowest BCUT2D eigenvalue weighted by Crippen LogP contribution is -2.20. The molecule has 0 bridgehead atoms. The van der Waals surface area contributed by atoms with Crippen molar-refractivity contribution in [1.82, 2.24) is 5.43 Å². The Kier molecular flexibility index (Phi) is 9.88. The number of nitrogens with one attached hydrogen (secondary N) is 2. The summed E-state index contributed by atoms with van der Waals surface area (Å²) < 4.78 is 16.9. The highest BCUT2D eigenvalue weighted by Crippen LogP contribution is 2.29. The zero-order valence-corrected chi connectivity index (χ0v) is 20.7. The normalized spacial score (nSPS) is 10.6. The van der Waals surface area contributed by atoms with Crippen molar-refractivity contribution in [2.45, 2.75) is 33.3 Å². The molecule has 0 spiro atoms. The predicted molar refractivity (Wildman–Crippen MR) is 140 cm³/mol. The monoisotopic (exact) mass is 489 g/mol. The summed E-state index contributed by atoms with van der Waals surface area (Å²) in [6.07, 6.45) is 1.52. The predicted octanol–water partition coefficient (Wildman–Crippen LogP) is 4.85. The summed E-state index contributed by atoms with van der Waals surface area (Å²) in [5, 5.41) is 6.73. The molecular formula is C28H31N3O5. The Morgan fingerprint density at radius 1 is 0.889 bits per heavy atom. The van der Waals surface area contributed by atoms with Gasteiger partial charge in [-0.3, -0.25) is 9.59 Å². The Morgan fingerprint density at radius 3 is 2.39 bits per heavy atom. The van der Waals surface area contributed by atoms with E-state index in [2.05, 4.69) is 15.8 Å². The van der Waals surface area contributed by atoms with Crippen LogP contribution in [-0.4, -0.2) is 31.7 Å². The number of ether oxygens (including phenoxy) is 3. The topological polar surface area (TPSA) is 98.2 Å². The SMILES string of the molecule is CCOc1cc(C=NNC(=O)CCC(=O)Nc2ccccc2OC)ccc1OCc1ccc(C)cc1. The van der Waals surface area contributed by atoms with E-state index < -0.39 is 0 Å². The third kappa shape index (κ3) is 8.16. The third-order valence-electron chi connectivity index (χ3n) is 5.15. The number of carbonyl (C=O) groups is 2. The standard InChI is InChI=1S/C28H31N3O5/c1-4-35-26-17-22(13-14-25(26)36-19-21-11-9-20(2)10-12-21)18-29-31-28(33)16-15-27(32)30-23-7-5-6-8-24(23)34-3/h5-14,17-18H,4,15-16,19H2,1-3H3,(H,30,32)(H,31,33). The van der Waals surface area contributed by atoms with Crippen LogP contribution in [-0.2, 0) is 16.2 Å².